The lowest BCUT2D eigenvalue weighted by Crippen LogP contribution is -2.22. The van der Waals surface area contributed by atoms with Crippen LogP contribution in [-0.4, -0.2) is 27.6 Å². The number of carbonyl (C=O) groups excluding carboxylic acids is 2. The summed E-state index contributed by atoms with van der Waals surface area (Å²) in [6, 6.07) is 2.09. The van der Waals surface area contributed by atoms with E-state index < -0.39 is 18.0 Å². The molecule has 0 bridgehead atoms. The second-order valence-corrected chi connectivity index (χ2v) is 4.60. The van der Waals surface area contributed by atoms with Gasteiger partial charge in [-0.25, -0.2) is 14.5 Å². The summed E-state index contributed by atoms with van der Waals surface area (Å²) in [5.41, 5.74) is 0.590. The minimum absolute atomic E-state index is 0.350. The monoisotopic (exact) mass is 287 g/mol. The zero-order valence-electron chi connectivity index (χ0n) is 11.5. The number of hydrogen-bond donors (Lipinski definition) is 2. The fourth-order valence-corrected chi connectivity index (χ4v) is 2.05. The fourth-order valence-electron chi connectivity index (χ4n) is 2.05. The Balaban J connectivity index is 1.90. The summed E-state index contributed by atoms with van der Waals surface area (Å²) in [6.07, 6.45) is 3.44. The standard InChI is InChI=1S/C13H13N5O3/c1-7-9(15-8(2)18-5-3-4-14-18)6-10(21-7)11-12(19)17-13(20)16-11/h3-6,11H,1-2H3,(H2,16,17,19,20). The summed E-state index contributed by atoms with van der Waals surface area (Å²) in [6.45, 7) is 3.55. The number of imide groups is 1. The van der Waals surface area contributed by atoms with E-state index in [0.717, 1.165) is 0 Å². The first-order chi connectivity index (χ1) is 10.0. The first kappa shape index (κ1) is 13.1. The molecular formula is C13H13N5O3. The number of aryl methyl sites for hydroxylation is 1. The summed E-state index contributed by atoms with van der Waals surface area (Å²) >= 11 is 0. The number of rotatable bonds is 2. The minimum Gasteiger partial charge on any atom is -0.461 e. The molecule has 1 unspecified atom stereocenters. The van der Waals surface area contributed by atoms with E-state index in [9.17, 15) is 9.59 Å². The van der Waals surface area contributed by atoms with E-state index in [1.807, 2.05) is 6.92 Å². The SMILES string of the molecule is CC(=Nc1cc(C2NC(=O)NC2=O)oc1C)n1cccn1. The summed E-state index contributed by atoms with van der Waals surface area (Å²) in [5, 5.41) is 8.72. The van der Waals surface area contributed by atoms with Crippen LogP contribution in [0.1, 0.15) is 24.5 Å². The molecule has 1 aliphatic rings. The molecule has 1 aliphatic heterocycles. The predicted octanol–water partition coefficient (Wildman–Crippen LogP) is 1.26. The van der Waals surface area contributed by atoms with Crippen molar-refractivity contribution in [1.82, 2.24) is 20.4 Å². The average molecular weight is 287 g/mol. The minimum atomic E-state index is -0.815. The Labute approximate surface area is 119 Å². The summed E-state index contributed by atoms with van der Waals surface area (Å²) in [4.78, 5) is 27.2. The number of amides is 3. The molecule has 3 amide bonds. The maximum atomic E-state index is 11.6. The van der Waals surface area contributed by atoms with Crippen LogP contribution in [0.3, 0.4) is 0 Å². The molecule has 1 fully saturated rings. The maximum Gasteiger partial charge on any atom is 0.322 e. The van der Waals surface area contributed by atoms with Gasteiger partial charge in [0, 0.05) is 18.5 Å². The largest absolute Gasteiger partial charge is 0.461 e. The van der Waals surface area contributed by atoms with Gasteiger partial charge in [-0.3, -0.25) is 10.1 Å². The van der Waals surface area contributed by atoms with Crippen molar-refractivity contribution in [3.63, 3.8) is 0 Å². The van der Waals surface area contributed by atoms with Gasteiger partial charge in [-0.2, -0.15) is 5.10 Å². The van der Waals surface area contributed by atoms with Gasteiger partial charge < -0.3 is 9.73 Å². The number of furan rings is 1. The van der Waals surface area contributed by atoms with Gasteiger partial charge in [0.15, 0.2) is 6.04 Å². The van der Waals surface area contributed by atoms with Crippen LogP contribution in [-0.2, 0) is 4.79 Å². The van der Waals surface area contributed by atoms with Crippen LogP contribution < -0.4 is 10.6 Å². The predicted molar refractivity (Wildman–Crippen MR) is 73.3 cm³/mol. The van der Waals surface area contributed by atoms with E-state index in [1.54, 1.807) is 36.1 Å². The number of aromatic nitrogens is 2. The molecule has 3 rings (SSSR count). The molecule has 0 spiro atoms. The number of hydrogen-bond acceptors (Lipinski definition) is 5. The highest BCUT2D eigenvalue weighted by Crippen LogP contribution is 2.28. The molecule has 0 aromatic carbocycles. The van der Waals surface area contributed by atoms with Crippen LogP contribution >= 0.6 is 0 Å². The van der Waals surface area contributed by atoms with Crippen LogP contribution in [0.2, 0.25) is 0 Å². The second-order valence-electron chi connectivity index (χ2n) is 4.60. The average Bonchev–Trinajstić information content (AvgIpc) is 3.12. The molecule has 8 heteroatoms. The second kappa shape index (κ2) is 4.89. The van der Waals surface area contributed by atoms with Gasteiger partial charge in [-0.15, -0.1) is 0 Å². The van der Waals surface area contributed by atoms with Gasteiger partial charge in [-0.1, -0.05) is 0 Å². The Morgan fingerprint density at radius 2 is 2.29 bits per heavy atom. The number of nitrogens with zero attached hydrogens (tertiary/aromatic N) is 3. The number of aliphatic imine (C=N–C) groups is 1. The number of carbonyl (C=O) groups is 2. The van der Waals surface area contributed by atoms with Gasteiger partial charge in [0.25, 0.3) is 5.91 Å². The van der Waals surface area contributed by atoms with Crippen molar-refractivity contribution < 1.29 is 14.0 Å². The van der Waals surface area contributed by atoms with E-state index >= 15 is 0 Å². The number of nitrogens with one attached hydrogen (secondary N) is 2. The van der Waals surface area contributed by atoms with Crippen molar-refractivity contribution in [1.29, 1.82) is 0 Å². The van der Waals surface area contributed by atoms with Crippen molar-refractivity contribution in [2.45, 2.75) is 19.9 Å². The smallest absolute Gasteiger partial charge is 0.322 e. The first-order valence-electron chi connectivity index (χ1n) is 6.31. The van der Waals surface area contributed by atoms with Gasteiger partial charge in [0.1, 0.15) is 23.0 Å². The molecule has 2 N–H and O–H groups in total. The van der Waals surface area contributed by atoms with E-state index in [2.05, 4.69) is 20.7 Å². The third-order valence-electron chi connectivity index (χ3n) is 3.09. The molecule has 2 aromatic rings. The Morgan fingerprint density at radius 3 is 2.90 bits per heavy atom. The van der Waals surface area contributed by atoms with E-state index in [0.29, 0.717) is 23.0 Å². The summed E-state index contributed by atoms with van der Waals surface area (Å²) < 4.78 is 7.14. The van der Waals surface area contributed by atoms with Crippen LogP contribution in [0, 0.1) is 6.92 Å². The highest BCUT2D eigenvalue weighted by Gasteiger charge is 2.33. The van der Waals surface area contributed by atoms with Crippen molar-refractivity contribution in [3.8, 4) is 0 Å². The molecule has 8 nitrogen and oxygen atoms in total. The Morgan fingerprint density at radius 1 is 1.48 bits per heavy atom. The van der Waals surface area contributed by atoms with Crippen molar-refractivity contribution in [2.24, 2.45) is 4.99 Å². The lowest BCUT2D eigenvalue weighted by molar-refractivity contribution is -0.120. The lowest BCUT2D eigenvalue weighted by atomic mass is 10.2. The zero-order chi connectivity index (χ0) is 15.0. The molecule has 21 heavy (non-hydrogen) atoms. The van der Waals surface area contributed by atoms with Gasteiger partial charge in [0.05, 0.1) is 0 Å². The van der Waals surface area contributed by atoms with Crippen molar-refractivity contribution in [3.05, 3.63) is 36.0 Å². The molecule has 1 saturated heterocycles. The fraction of sp³-hybridized carbons (Fsp3) is 0.231. The van der Waals surface area contributed by atoms with E-state index in [-0.39, 0.29) is 0 Å². The highest BCUT2D eigenvalue weighted by atomic mass is 16.3. The van der Waals surface area contributed by atoms with Crippen LogP contribution in [0.15, 0.2) is 33.9 Å². The third-order valence-corrected chi connectivity index (χ3v) is 3.09. The van der Waals surface area contributed by atoms with Gasteiger partial charge in [0.2, 0.25) is 0 Å². The quantitative estimate of drug-likeness (QED) is 0.493. The van der Waals surface area contributed by atoms with E-state index in [1.165, 1.54) is 0 Å². The Bertz CT molecular complexity index is 729. The molecule has 3 heterocycles. The lowest BCUT2D eigenvalue weighted by Gasteiger charge is -2.01. The Kier molecular flexibility index (Phi) is 3.05. The van der Waals surface area contributed by atoms with E-state index in [4.69, 9.17) is 4.42 Å². The van der Waals surface area contributed by atoms with Crippen molar-refractivity contribution >= 4 is 23.5 Å². The van der Waals surface area contributed by atoms with Crippen LogP contribution in [0.4, 0.5) is 10.5 Å². The van der Waals surface area contributed by atoms with Gasteiger partial charge >= 0.3 is 6.03 Å². The molecule has 108 valence electrons. The third kappa shape index (κ3) is 2.42. The summed E-state index contributed by atoms with van der Waals surface area (Å²) in [5.74, 6) is 1.14. The molecule has 0 aliphatic carbocycles. The van der Waals surface area contributed by atoms with Crippen LogP contribution in [0.25, 0.3) is 0 Å². The molecule has 1 atom stereocenters. The van der Waals surface area contributed by atoms with Gasteiger partial charge in [-0.05, 0) is 19.9 Å². The highest BCUT2D eigenvalue weighted by molar-refractivity contribution is 6.04. The topological polar surface area (TPSA) is 102 Å². The maximum absolute atomic E-state index is 11.6. The normalized spacial score (nSPS) is 18.8. The van der Waals surface area contributed by atoms with Crippen molar-refractivity contribution in [2.75, 3.05) is 0 Å². The molecule has 0 saturated carbocycles. The molecule has 2 aromatic heterocycles. The molecule has 0 radical (unpaired) electrons. The van der Waals surface area contributed by atoms with Crippen LogP contribution in [0.5, 0.6) is 0 Å². The number of urea groups is 1. The zero-order valence-corrected chi connectivity index (χ0v) is 11.5. The summed E-state index contributed by atoms with van der Waals surface area (Å²) in [7, 11) is 0. The Hall–Kier alpha value is -2.90. The first-order valence-corrected chi connectivity index (χ1v) is 6.31. The molecular weight excluding hydrogens is 274 g/mol.